The van der Waals surface area contributed by atoms with E-state index in [1.807, 2.05) is 17.0 Å². The number of likely N-dealkylation sites (N-methyl/N-ethyl adjacent to an activating group) is 1. The van der Waals surface area contributed by atoms with Crippen molar-refractivity contribution in [1.29, 1.82) is 0 Å². The maximum Gasteiger partial charge on any atom is 0.256 e. The Labute approximate surface area is 223 Å². The zero-order valence-electron chi connectivity index (χ0n) is 21.7. The lowest BCUT2D eigenvalue weighted by atomic mass is 10.1. The molecule has 9 nitrogen and oxygen atoms in total. The second-order valence-electron chi connectivity index (χ2n) is 9.34. The van der Waals surface area contributed by atoms with Crippen molar-refractivity contribution in [2.24, 2.45) is 0 Å². The van der Waals surface area contributed by atoms with Crippen LogP contribution in [0.25, 0.3) is 0 Å². The maximum atomic E-state index is 13.6. The normalized spacial score (nSPS) is 18.8. The van der Waals surface area contributed by atoms with Gasteiger partial charge in [0.25, 0.3) is 5.91 Å². The van der Waals surface area contributed by atoms with Gasteiger partial charge in [0, 0.05) is 38.4 Å². The van der Waals surface area contributed by atoms with Gasteiger partial charge in [0.1, 0.15) is 17.5 Å². The second kappa shape index (κ2) is 12.4. The van der Waals surface area contributed by atoms with E-state index in [1.165, 1.54) is 4.90 Å². The van der Waals surface area contributed by atoms with Gasteiger partial charge in [0.05, 0.1) is 26.3 Å². The van der Waals surface area contributed by atoms with Crippen LogP contribution >= 0.6 is 12.2 Å². The van der Waals surface area contributed by atoms with E-state index in [4.69, 9.17) is 21.7 Å². The second-order valence-corrected chi connectivity index (χ2v) is 9.71. The van der Waals surface area contributed by atoms with E-state index in [0.29, 0.717) is 34.5 Å². The summed E-state index contributed by atoms with van der Waals surface area (Å²) in [6.07, 6.45) is 0.857. The van der Waals surface area contributed by atoms with Crippen LogP contribution in [0.15, 0.2) is 48.5 Å². The van der Waals surface area contributed by atoms with E-state index in [-0.39, 0.29) is 18.2 Å². The zero-order chi connectivity index (χ0) is 26.4. The SMILES string of the molecule is COc1ccc(NC(=O)C[C@@H]2C(=O)N(c3ccc(OC)cc3)C(=S)N2CCCN2CCN(C)CC2)cc1. The number of nitrogens with one attached hydrogen (secondary N) is 1. The minimum absolute atomic E-state index is 0.00612. The van der Waals surface area contributed by atoms with E-state index >= 15 is 0 Å². The summed E-state index contributed by atoms with van der Waals surface area (Å²) in [5, 5.41) is 3.32. The van der Waals surface area contributed by atoms with Gasteiger partial charge in [-0.25, -0.2) is 0 Å². The van der Waals surface area contributed by atoms with Crippen molar-refractivity contribution in [3.8, 4) is 11.5 Å². The molecule has 2 saturated heterocycles. The minimum atomic E-state index is -0.666. The van der Waals surface area contributed by atoms with Gasteiger partial charge in [0.15, 0.2) is 5.11 Å². The summed E-state index contributed by atoms with van der Waals surface area (Å²) in [4.78, 5) is 34.8. The number of hydrogen-bond acceptors (Lipinski definition) is 7. The average molecular weight is 526 g/mol. The Morgan fingerprint density at radius 1 is 0.946 bits per heavy atom. The molecule has 0 aliphatic carbocycles. The van der Waals surface area contributed by atoms with Crippen LogP contribution in [0, 0.1) is 0 Å². The average Bonchev–Trinajstić information content (AvgIpc) is 3.14. The number of methoxy groups -OCH3 is 2. The number of ether oxygens (including phenoxy) is 2. The fourth-order valence-electron chi connectivity index (χ4n) is 4.65. The Balaban J connectivity index is 1.46. The van der Waals surface area contributed by atoms with Crippen LogP contribution in [-0.4, -0.2) is 98.2 Å². The van der Waals surface area contributed by atoms with E-state index in [1.54, 1.807) is 50.6 Å². The van der Waals surface area contributed by atoms with Crippen molar-refractivity contribution in [2.45, 2.75) is 18.9 Å². The van der Waals surface area contributed by atoms with E-state index in [0.717, 1.165) is 39.1 Å². The molecule has 0 radical (unpaired) electrons. The molecule has 4 rings (SSSR count). The van der Waals surface area contributed by atoms with Gasteiger partial charge >= 0.3 is 0 Å². The summed E-state index contributed by atoms with van der Waals surface area (Å²) in [6, 6.07) is 13.7. The van der Waals surface area contributed by atoms with Crippen LogP contribution in [0.3, 0.4) is 0 Å². The standard InChI is InChI=1S/C27H35N5O4S/c1-29-15-17-30(18-16-29)13-4-14-31-24(19-25(33)28-20-5-9-22(35-2)10-6-20)26(34)32(27(31)37)21-7-11-23(36-3)12-8-21/h5-12,24H,4,13-19H2,1-3H3,(H,28,33)/t24-/m1/s1. The first-order valence-electron chi connectivity index (χ1n) is 12.5. The van der Waals surface area contributed by atoms with Gasteiger partial charge < -0.3 is 29.5 Å². The van der Waals surface area contributed by atoms with Crippen LogP contribution in [0.5, 0.6) is 11.5 Å². The third kappa shape index (κ3) is 6.57. The van der Waals surface area contributed by atoms with Gasteiger partial charge in [-0.05, 0) is 80.8 Å². The van der Waals surface area contributed by atoms with E-state index < -0.39 is 6.04 Å². The molecule has 198 valence electrons. The predicted molar refractivity (Wildman–Crippen MR) is 148 cm³/mol. The van der Waals surface area contributed by atoms with Crippen molar-refractivity contribution >= 4 is 40.5 Å². The third-order valence-corrected chi connectivity index (χ3v) is 7.29. The van der Waals surface area contributed by atoms with Crippen molar-refractivity contribution in [3.63, 3.8) is 0 Å². The highest BCUT2D eigenvalue weighted by molar-refractivity contribution is 7.80. The molecule has 0 saturated carbocycles. The lowest BCUT2D eigenvalue weighted by molar-refractivity contribution is -0.124. The number of carbonyl (C=O) groups is 2. The van der Waals surface area contributed by atoms with Gasteiger partial charge in [-0.1, -0.05) is 0 Å². The summed E-state index contributed by atoms with van der Waals surface area (Å²) in [5.74, 6) is 0.961. The van der Waals surface area contributed by atoms with Crippen molar-refractivity contribution < 1.29 is 19.1 Å². The Hall–Kier alpha value is -3.21. The largest absolute Gasteiger partial charge is 0.497 e. The lowest BCUT2D eigenvalue weighted by Gasteiger charge is -2.33. The minimum Gasteiger partial charge on any atom is -0.497 e. The molecule has 2 amide bonds. The molecule has 2 aromatic rings. The molecule has 1 N–H and O–H groups in total. The summed E-state index contributed by atoms with van der Waals surface area (Å²) < 4.78 is 10.4. The van der Waals surface area contributed by atoms with Gasteiger partial charge in [0.2, 0.25) is 5.91 Å². The number of hydrogen-bond donors (Lipinski definition) is 1. The summed E-state index contributed by atoms with van der Waals surface area (Å²) >= 11 is 5.79. The highest BCUT2D eigenvalue weighted by Gasteiger charge is 2.43. The molecule has 2 fully saturated rings. The van der Waals surface area contributed by atoms with Gasteiger partial charge in [-0.3, -0.25) is 14.5 Å². The number of nitrogens with zero attached hydrogens (tertiary/aromatic N) is 4. The molecule has 0 unspecified atom stereocenters. The number of benzene rings is 2. The molecule has 0 aromatic heterocycles. The first-order valence-corrected chi connectivity index (χ1v) is 12.9. The number of amides is 2. The first-order chi connectivity index (χ1) is 17.9. The molecular formula is C27H35N5O4S. The molecule has 2 aliphatic rings. The molecule has 2 aromatic carbocycles. The lowest BCUT2D eigenvalue weighted by Crippen LogP contribution is -2.45. The number of anilines is 2. The molecule has 10 heteroatoms. The Morgan fingerprint density at radius 2 is 1.54 bits per heavy atom. The molecule has 2 aliphatic heterocycles. The van der Waals surface area contributed by atoms with Crippen LogP contribution in [0.2, 0.25) is 0 Å². The number of thiocarbonyl (C=S) groups is 1. The van der Waals surface area contributed by atoms with Crippen LogP contribution in [-0.2, 0) is 9.59 Å². The molecule has 1 atom stereocenters. The fourth-order valence-corrected chi connectivity index (χ4v) is 5.07. The van der Waals surface area contributed by atoms with Gasteiger partial charge in [-0.2, -0.15) is 0 Å². The summed E-state index contributed by atoms with van der Waals surface area (Å²) in [5.41, 5.74) is 1.31. The number of rotatable bonds is 10. The molecule has 0 spiro atoms. The van der Waals surface area contributed by atoms with Crippen LogP contribution in [0.1, 0.15) is 12.8 Å². The summed E-state index contributed by atoms with van der Waals surface area (Å²) in [6.45, 7) is 5.70. The highest BCUT2D eigenvalue weighted by atomic mass is 32.1. The number of carbonyl (C=O) groups excluding carboxylic acids is 2. The Kier molecular flexibility index (Phi) is 8.96. The molecule has 37 heavy (non-hydrogen) atoms. The number of piperazine rings is 1. The maximum absolute atomic E-state index is 13.6. The topological polar surface area (TPSA) is 77.6 Å². The summed E-state index contributed by atoms with van der Waals surface area (Å²) in [7, 11) is 5.33. The van der Waals surface area contributed by atoms with Crippen LogP contribution < -0.4 is 19.7 Å². The highest BCUT2D eigenvalue weighted by Crippen LogP contribution is 2.29. The van der Waals surface area contributed by atoms with Crippen LogP contribution in [0.4, 0.5) is 11.4 Å². The van der Waals surface area contributed by atoms with E-state index in [2.05, 4.69) is 22.2 Å². The fraction of sp³-hybridized carbons (Fsp3) is 0.444. The van der Waals surface area contributed by atoms with E-state index in [9.17, 15) is 9.59 Å². The Morgan fingerprint density at radius 3 is 2.14 bits per heavy atom. The molecular weight excluding hydrogens is 490 g/mol. The van der Waals surface area contributed by atoms with Crippen molar-refractivity contribution in [2.75, 3.05) is 70.8 Å². The van der Waals surface area contributed by atoms with Gasteiger partial charge in [-0.15, -0.1) is 0 Å². The smallest absolute Gasteiger partial charge is 0.256 e. The first kappa shape index (κ1) is 26.8. The van der Waals surface area contributed by atoms with Crippen molar-refractivity contribution in [1.82, 2.24) is 14.7 Å². The Bertz CT molecular complexity index is 1090. The quantitative estimate of drug-likeness (QED) is 0.475. The monoisotopic (exact) mass is 525 g/mol. The molecule has 0 bridgehead atoms. The third-order valence-electron chi connectivity index (χ3n) is 6.87. The molecule has 2 heterocycles. The zero-order valence-corrected chi connectivity index (χ0v) is 22.5. The van der Waals surface area contributed by atoms with Crippen molar-refractivity contribution in [3.05, 3.63) is 48.5 Å². The predicted octanol–water partition coefficient (Wildman–Crippen LogP) is 2.67.